The highest BCUT2D eigenvalue weighted by molar-refractivity contribution is 6.12. The van der Waals surface area contributed by atoms with Gasteiger partial charge in [0, 0.05) is 41.3 Å². The first kappa shape index (κ1) is 15.7. The predicted molar refractivity (Wildman–Crippen MR) is 122 cm³/mol. The van der Waals surface area contributed by atoms with Gasteiger partial charge in [-0.2, -0.15) is 0 Å². The number of benzene rings is 2. The van der Waals surface area contributed by atoms with Gasteiger partial charge in [-0.1, -0.05) is 36.4 Å². The van der Waals surface area contributed by atoms with Gasteiger partial charge in [0.1, 0.15) is 5.65 Å². The number of nitrogens with zero attached hydrogens (tertiary/aromatic N) is 4. The van der Waals surface area contributed by atoms with Crippen LogP contribution in [0.1, 0.15) is 22.4 Å². The van der Waals surface area contributed by atoms with Crippen molar-refractivity contribution in [2.24, 2.45) is 0 Å². The molecule has 0 N–H and O–H groups in total. The number of pyridine rings is 3. The summed E-state index contributed by atoms with van der Waals surface area (Å²) >= 11 is 0. The number of hydrogen-bond donors (Lipinski definition) is 0. The van der Waals surface area contributed by atoms with Gasteiger partial charge in [-0.15, -0.1) is 0 Å². The minimum absolute atomic E-state index is 0.882. The molecule has 6 aromatic rings. The molecule has 8 rings (SSSR count). The van der Waals surface area contributed by atoms with Crippen LogP contribution < -0.4 is 0 Å². The Labute approximate surface area is 177 Å². The highest BCUT2D eigenvalue weighted by Gasteiger charge is 2.31. The molecule has 0 unspecified atom stereocenters. The van der Waals surface area contributed by atoms with E-state index in [-0.39, 0.29) is 0 Å². The summed E-state index contributed by atoms with van der Waals surface area (Å²) in [6, 6.07) is 17.6. The minimum atomic E-state index is 0.882. The van der Waals surface area contributed by atoms with E-state index in [0.29, 0.717) is 0 Å². The van der Waals surface area contributed by atoms with E-state index in [2.05, 4.69) is 62.9 Å². The zero-order valence-corrected chi connectivity index (χ0v) is 16.6. The first-order valence-corrected chi connectivity index (χ1v) is 10.6. The number of hydrogen-bond acceptors (Lipinski definition) is 3. The zero-order valence-electron chi connectivity index (χ0n) is 16.6. The predicted octanol–water partition coefficient (Wildman–Crippen LogP) is 5.57. The van der Waals surface area contributed by atoms with Crippen LogP contribution >= 0.6 is 0 Å². The van der Waals surface area contributed by atoms with E-state index in [1.807, 2.05) is 24.8 Å². The number of aromatic nitrogens is 4. The van der Waals surface area contributed by atoms with Crippen molar-refractivity contribution in [3.05, 3.63) is 95.7 Å². The Morgan fingerprint density at radius 1 is 0.677 bits per heavy atom. The molecule has 4 nitrogen and oxygen atoms in total. The summed E-state index contributed by atoms with van der Waals surface area (Å²) in [7, 11) is 0. The Balaban J connectivity index is 1.49. The smallest absolute Gasteiger partial charge is 0.147 e. The molecule has 0 amide bonds. The Hall–Kier alpha value is -4.05. The van der Waals surface area contributed by atoms with Gasteiger partial charge in [-0.25, -0.2) is 4.98 Å². The van der Waals surface area contributed by atoms with Gasteiger partial charge in [0.05, 0.1) is 23.1 Å². The van der Waals surface area contributed by atoms with Crippen molar-refractivity contribution in [3.8, 4) is 22.4 Å². The molecule has 0 atom stereocenters. The molecule has 144 valence electrons. The minimum Gasteiger partial charge on any atom is -0.290 e. The summed E-state index contributed by atoms with van der Waals surface area (Å²) < 4.78 is 2.31. The average Bonchev–Trinajstić information content (AvgIpc) is 3.48. The number of fused-ring (bicyclic) bond motifs is 14. The standard InChI is InChI=1S/C27H16N4/c1-2-4-16-15(3-1)11-21-17(16)5-6-20-22(21)12-24-26(20)31-25-14-29-10-8-19(25)18-7-9-28-13-23(18)27(31)30-24/h1-10,13-14H,11-12H2. The van der Waals surface area contributed by atoms with Crippen molar-refractivity contribution in [2.45, 2.75) is 12.8 Å². The van der Waals surface area contributed by atoms with Crippen LogP contribution in [0.5, 0.6) is 0 Å². The molecule has 0 bridgehead atoms. The Morgan fingerprint density at radius 2 is 1.48 bits per heavy atom. The zero-order chi connectivity index (χ0) is 20.1. The summed E-state index contributed by atoms with van der Waals surface area (Å²) in [5.74, 6) is 0. The van der Waals surface area contributed by atoms with Crippen LogP contribution in [0.3, 0.4) is 0 Å². The molecule has 0 aliphatic heterocycles. The third-order valence-electron chi connectivity index (χ3n) is 7.05. The normalized spacial score (nSPS) is 13.5. The van der Waals surface area contributed by atoms with Crippen LogP contribution in [-0.4, -0.2) is 19.4 Å². The maximum absolute atomic E-state index is 5.16. The third kappa shape index (κ3) is 1.84. The van der Waals surface area contributed by atoms with E-state index in [1.54, 1.807) is 0 Å². The van der Waals surface area contributed by atoms with Gasteiger partial charge in [0.2, 0.25) is 0 Å². The van der Waals surface area contributed by atoms with Crippen molar-refractivity contribution in [3.63, 3.8) is 0 Å². The van der Waals surface area contributed by atoms with Crippen molar-refractivity contribution in [1.82, 2.24) is 19.4 Å². The van der Waals surface area contributed by atoms with Crippen LogP contribution in [0.15, 0.2) is 73.3 Å². The number of rotatable bonds is 0. The SMILES string of the molecule is c1ccc2c(c1)Cc1c-2ccc2c1Cc1nc3c4cnccc4c4ccncc4n3c1-2. The van der Waals surface area contributed by atoms with E-state index < -0.39 is 0 Å². The second-order valence-electron chi connectivity index (χ2n) is 8.51. The third-order valence-corrected chi connectivity index (χ3v) is 7.05. The van der Waals surface area contributed by atoms with Gasteiger partial charge in [0.25, 0.3) is 0 Å². The van der Waals surface area contributed by atoms with Gasteiger partial charge in [-0.3, -0.25) is 14.4 Å². The fraction of sp³-hybridized carbons (Fsp3) is 0.0741. The molecule has 0 radical (unpaired) electrons. The number of imidazole rings is 1. The summed E-state index contributed by atoms with van der Waals surface area (Å²) in [5, 5.41) is 3.45. The highest BCUT2D eigenvalue weighted by Crippen LogP contribution is 2.47. The molecule has 0 saturated heterocycles. The first-order valence-electron chi connectivity index (χ1n) is 10.6. The van der Waals surface area contributed by atoms with Gasteiger partial charge >= 0.3 is 0 Å². The molecule has 0 saturated carbocycles. The van der Waals surface area contributed by atoms with E-state index >= 15 is 0 Å². The van der Waals surface area contributed by atoms with E-state index in [1.165, 1.54) is 49.8 Å². The second-order valence-corrected chi connectivity index (χ2v) is 8.51. The van der Waals surface area contributed by atoms with Gasteiger partial charge in [0.15, 0.2) is 0 Å². The lowest BCUT2D eigenvalue weighted by molar-refractivity contribution is 1.12. The average molecular weight is 396 g/mol. The molecule has 2 aliphatic rings. The highest BCUT2D eigenvalue weighted by atomic mass is 15.0. The summed E-state index contributed by atoms with van der Waals surface area (Å²) in [5.41, 5.74) is 12.8. The van der Waals surface area contributed by atoms with Gasteiger partial charge < -0.3 is 0 Å². The van der Waals surface area contributed by atoms with Crippen LogP contribution in [0.2, 0.25) is 0 Å². The summed E-state index contributed by atoms with van der Waals surface area (Å²) in [4.78, 5) is 14.0. The van der Waals surface area contributed by atoms with Crippen LogP contribution in [0, 0.1) is 0 Å². The van der Waals surface area contributed by atoms with Crippen molar-refractivity contribution in [1.29, 1.82) is 0 Å². The Bertz CT molecular complexity index is 1740. The molecule has 2 aromatic carbocycles. The van der Waals surface area contributed by atoms with Crippen LogP contribution in [0.25, 0.3) is 49.7 Å². The molecular formula is C27H16N4. The maximum Gasteiger partial charge on any atom is 0.147 e. The summed E-state index contributed by atoms with van der Waals surface area (Å²) in [6.45, 7) is 0. The van der Waals surface area contributed by atoms with Crippen molar-refractivity contribution < 1.29 is 0 Å². The first-order chi connectivity index (χ1) is 15.4. The van der Waals surface area contributed by atoms with Crippen molar-refractivity contribution >= 4 is 27.3 Å². The van der Waals surface area contributed by atoms with E-state index in [9.17, 15) is 0 Å². The molecular weight excluding hydrogens is 380 g/mol. The maximum atomic E-state index is 5.16. The molecule has 4 heterocycles. The van der Waals surface area contributed by atoms with Crippen LogP contribution in [-0.2, 0) is 12.8 Å². The Kier molecular flexibility index (Phi) is 2.72. The second kappa shape index (κ2) is 5.35. The lowest BCUT2D eigenvalue weighted by atomic mass is 9.97. The lowest BCUT2D eigenvalue weighted by Gasteiger charge is -2.12. The summed E-state index contributed by atoms with van der Waals surface area (Å²) in [6.07, 6.45) is 9.51. The quantitative estimate of drug-likeness (QED) is 0.315. The van der Waals surface area contributed by atoms with E-state index in [0.717, 1.165) is 35.1 Å². The van der Waals surface area contributed by atoms with Gasteiger partial charge in [-0.05, 0) is 51.8 Å². The molecule has 2 aliphatic carbocycles. The molecule has 4 heteroatoms. The monoisotopic (exact) mass is 396 g/mol. The fourth-order valence-electron chi connectivity index (χ4n) is 5.75. The van der Waals surface area contributed by atoms with Crippen LogP contribution in [0.4, 0.5) is 0 Å². The fourth-order valence-corrected chi connectivity index (χ4v) is 5.75. The van der Waals surface area contributed by atoms with Crippen molar-refractivity contribution in [2.75, 3.05) is 0 Å². The largest absolute Gasteiger partial charge is 0.290 e. The van der Waals surface area contributed by atoms with E-state index in [4.69, 9.17) is 4.98 Å². The molecule has 0 fully saturated rings. The molecule has 4 aromatic heterocycles. The lowest BCUT2D eigenvalue weighted by Crippen LogP contribution is -1.97. The molecule has 31 heavy (non-hydrogen) atoms. The topological polar surface area (TPSA) is 43.1 Å². The molecule has 0 spiro atoms. The Morgan fingerprint density at radius 3 is 2.45 bits per heavy atom.